The third-order valence-corrected chi connectivity index (χ3v) is 3.90. The average Bonchev–Trinajstić information content (AvgIpc) is 2.58. The lowest BCUT2D eigenvalue weighted by Crippen LogP contribution is -2.43. The van der Waals surface area contributed by atoms with Gasteiger partial charge in [-0.05, 0) is 60.1 Å². The summed E-state index contributed by atoms with van der Waals surface area (Å²) in [7, 11) is 1.65. The first kappa shape index (κ1) is 25.6. The van der Waals surface area contributed by atoms with Crippen LogP contribution in [-0.4, -0.2) is 47.8 Å². The summed E-state index contributed by atoms with van der Waals surface area (Å²) in [6, 6.07) is 5.27. The number of nitrogens with zero attached hydrogens (tertiary/aromatic N) is 2. The minimum absolute atomic E-state index is 0.113. The Morgan fingerprint density at radius 3 is 2.03 bits per heavy atom. The van der Waals surface area contributed by atoms with Crippen molar-refractivity contribution >= 4 is 35.4 Å². The van der Waals surface area contributed by atoms with Crippen LogP contribution in [0, 0.1) is 0 Å². The van der Waals surface area contributed by atoms with Crippen molar-refractivity contribution in [3.63, 3.8) is 0 Å². The third kappa shape index (κ3) is 8.49. The summed E-state index contributed by atoms with van der Waals surface area (Å²) in [5, 5.41) is 6.54. The van der Waals surface area contributed by atoms with E-state index in [1.54, 1.807) is 66.8 Å². The minimum atomic E-state index is -0.811. The number of carbonyl (C=O) groups excluding carboxylic acids is 2. The van der Waals surface area contributed by atoms with Crippen LogP contribution in [0.15, 0.2) is 23.2 Å². The number of hydrogen-bond donors (Lipinski definition) is 2. The van der Waals surface area contributed by atoms with Crippen LogP contribution in [0.25, 0.3) is 0 Å². The number of halogens is 1. The number of aliphatic imine (C=N–C) groups is 1. The number of carbonyl (C=O) groups is 2. The lowest BCUT2D eigenvalue weighted by atomic mass is 10.1. The van der Waals surface area contributed by atoms with Crippen LogP contribution in [-0.2, 0) is 16.0 Å². The fraction of sp³-hybridized carbons (Fsp3) is 0.571. The number of benzene rings is 1. The number of rotatable bonds is 4. The second-order valence-electron chi connectivity index (χ2n) is 8.55. The SMILES string of the molecule is CCNC(=NC)Nc1cccc(CN(C(=O)OC(C)(C)C)C(=O)OC(C)(C)C)c1Cl. The van der Waals surface area contributed by atoms with E-state index < -0.39 is 23.4 Å². The Morgan fingerprint density at radius 2 is 1.60 bits per heavy atom. The van der Waals surface area contributed by atoms with E-state index in [0.29, 0.717) is 28.8 Å². The molecule has 0 heterocycles. The van der Waals surface area contributed by atoms with E-state index in [2.05, 4.69) is 15.6 Å². The van der Waals surface area contributed by atoms with E-state index in [1.165, 1.54) is 0 Å². The monoisotopic (exact) mass is 440 g/mol. The zero-order valence-corrected chi connectivity index (χ0v) is 19.8. The molecule has 2 N–H and O–H groups in total. The van der Waals surface area contributed by atoms with Crippen LogP contribution in [0.3, 0.4) is 0 Å². The van der Waals surface area contributed by atoms with Crippen molar-refractivity contribution in [3.8, 4) is 0 Å². The zero-order chi connectivity index (χ0) is 23.1. The molecule has 8 nitrogen and oxygen atoms in total. The molecule has 1 rings (SSSR count). The van der Waals surface area contributed by atoms with E-state index in [9.17, 15) is 9.59 Å². The van der Waals surface area contributed by atoms with Crippen LogP contribution in [0.1, 0.15) is 54.0 Å². The van der Waals surface area contributed by atoms with E-state index in [0.717, 1.165) is 4.90 Å². The topological polar surface area (TPSA) is 92.3 Å². The normalized spacial score (nSPS) is 12.2. The van der Waals surface area contributed by atoms with Gasteiger partial charge in [0.05, 0.1) is 17.3 Å². The third-order valence-electron chi connectivity index (χ3n) is 3.46. The lowest BCUT2D eigenvalue weighted by molar-refractivity contribution is -0.000236. The van der Waals surface area contributed by atoms with Gasteiger partial charge in [0.1, 0.15) is 11.2 Å². The average molecular weight is 441 g/mol. The maximum Gasteiger partial charge on any atom is 0.420 e. The van der Waals surface area contributed by atoms with Gasteiger partial charge in [-0.2, -0.15) is 0 Å². The van der Waals surface area contributed by atoms with E-state index >= 15 is 0 Å². The fourth-order valence-corrected chi connectivity index (χ4v) is 2.51. The molecule has 0 aliphatic carbocycles. The number of imide groups is 1. The molecular weight excluding hydrogens is 408 g/mol. The molecule has 1 aromatic rings. The molecule has 0 fully saturated rings. The van der Waals surface area contributed by atoms with Crippen LogP contribution < -0.4 is 10.6 Å². The van der Waals surface area contributed by atoms with Crippen molar-refractivity contribution in [1.82, 2.24) is 10.2 Å². The van der Waals surface area contributed by atoms with Crippen LogP contribution in [0.4, 0.5) is 15.3 Å². The van der Waals surface area contributed by atoms with Crippen LogP contribution in [0.5, 0.6) is 0 Å². The molecule has 0 spiro atoms. The lowest BCUT2D eigenvalue weighted by Gasteiger charge is -2.29. The van der Waals surface area contributed by atoms with E-state index in [-0.39, 0.29) is 6.54 Å². The molecule has 0 radical (unpaired) electrons. The van der Waals surface area contributed by atoms with Gasteiger partial charge in [-0.3, -0.25) is 4.99 Å². The summed E-state index contributed by atoms with van der Waals surface area (Å²) in [6.07, 6.45) is -1.62. The van der Waals surface area contributed by atoms with Crippen LogP contribution in [0.2, 0.25) is 5.02 Å². The van der Waals surface area contributed by atoms with Crippen molar-refractivity contribution in [2.24, 2.45) is 4.99 Å². The number of guanidine groups is 1. The van der Waals surface area contributed by atoms with Gasteiger partial charge in [-0.1, -0.05) is 23.7 Å². The van der Waals surface area contributed by atoms with E-state index in [1.807, 2.05) is 6.92 Å². The van der Waals surface area contributed by atoms with Crippen LogP contribution >= 0.6 is 11.6 Å². The predicted octanol–water partition coefficient (Wildman–Crippen LogP) is 5.02. The minimum Gasteiger partial charge on any atom is -0.443 e. The van der Waals surface area contributed by atoms with Gasteiger partial charge >= 0.3 is 12.2 Å². The van der Waals surface area contributed by atoms with Crippen molar-refractivity contribution in [2.75, 3.05) is 18.9 Å². The van der Waals surface area contributed by atoms with Gasteiger partial charge in [0, 0.05) is 13.6 Å². The standard InChI is InChI=1S/C21H33ClN4O4/c1-9-24-17(23-8)25-15-12-10-11-14(16(15)22)13-26(18(27)29-20(2,3)4)19(28)30-21(5,6)7/h10-12H,9,13H2,1-8H3,(H2,23,24,25). The quantitative estimate of drug-likeness (QED) is 0.504. The Labute approximate surface area is 184 Å². The first-order valence-electron chi connectivity index (χ1n) is 9.76. The van der Waals surface area contributed by atoms with Gasteiger partial charge in [-0.25, -0.2) is 14.5 Å². The van der Waals surface area contributed by atoms with Gasteiger partial charge in [0.2, 0.25) is 0 Å². The zero-order valence-electron chi connectivity index (χ0n) is 19.1. The highest BCUT2D eigenvalue weighted by Gasteiger charge is 2.32. The first-order valence-corrected chi connectivity index (χ1v) is 10.1. The number of ether oxygens (including phenoxy) is 2. The Balaban J connectivity index is 3.21. The molecule has 0 aliphatic heterocycles. The molecule has 30 heavy (non-hydrogen) atoms. The number of nitrogens with one attached hydrogen (secondary N) is 2. The molecule has 0 atom stereocenters. The van der Waals surface area contributed by atoms with Gasteiger partial charge in [-0.15, -0.1) is 0 Å². The maximum absolute atomic E-state index is 12.7. The molecule has 0 aromatic heterocycles. The van der Waals surface area contributed by atoms with Gasteiger partial charge in [0.15, 0.2) is 5.96 Å². The highest BCUT2D eigenvalue weighted by molar-refractivity contribution is 6.34. The second-order valence-corrected chi connectivity index (χ2v) is 8.93. The maximum atomic E-state index is 12.7. The first-order chi connectivity index (χ1) is 13.8. The molecule has 168 valence electrons. The molecule has 0 bridgehead atoms. The Bertz CT molecular complexity index is 754. The molecular formula is C21H33ClN4O4. The molecule has 1 aromatic carbocycles. The Kier molecular flexibility index (Phi) is 8.96. The number of amides is 2. The van der Waals surface area contributed by atoms with E-state index in [4.69, 9.17) is 21.1 Å². The second kappa shape index (κ2) is 10.5. The Morgan fingerprint density at radius 1 is 1.07 bits per heavy atom. The molecule has 0 saturated heterocycles. The molecule has 0 unspecified atom stereocenters. The molecule has 0 aliphatic rings. The summed E-state index contributed by atoms with van der Waals surface area (Å²) in [4.78, 5) is 30.4. The largest absolute Gasteiger partial charge is 0.443 e. The van der Waals surface area contributed by atoms with Gasteiger partial charge < -0.3 is 20.1 Å². The smallest absolute Gasteiger partial charge is 0.420 e. The summed E-state index contributed by atoms with van der Waals surface area (Å²) < 4.78 is 10.8. The summed E-state index contributed by atoms with van der Waals surface area (Å²) in [5.41, 5.74) is -0.416. The Hall–Kier alpha value is -2.48. The van der Waals surface area contributed by atoms with Crippen molar-refractivity contribution in [3.05, 3.63) is 28.8 Å². The molecule has 2 amide bonds. The van der Waals surface area contributed by atoms with Gasteiger partial charge in [0.25, 0.3) is 0 Å². The van der Waals surface area contributed by atoms with Crippen molar-refractivity contribution in [1.29, 1.82) is 0 Å². The summed E-state index contributed by atoms with van der Waals surface area (Å²) in [5.74, 6) is 0.549. The molecule has 9 heteroatoms. The van der Waals surface area contributed by atoms with Crippen molar-refractivity contribution in [2.45, 2.75) is 66.2 Å². The predicted molar refractivity (Wildman–Crippen MR) is 120 cm³/mol. The van der Waals surface area contributed by atoms with Crippen molar-refractivity contribution < 1.29 is 19.1 Å². The fourth-order valence-electron chi connectivity index (χ4n) is 2.28. The highest BCUT2D eigenvalue weighted by atomic mass is 35.5. The number of hydrogen-bond acceptors (Lipinski definition) is 5. The number of anilines is 1. The molecule has 0 saturated carbocycles. The summed E-state index contributed by atoms with van der Waals surface area (Å²) in [6.45, 7) is 12.9. The summed E-state index contributed by atoms with van der Waals surface area (Å²) >= 11 is 6.55. The highest BCUT2D eigenvalue weighted by Crippen LogP contribution is 2.28.